The Balaban J connectivity index is 2.02. The van der Waals surface area contributed by atoms with Crippen molar-refractivity contribution in [3.8, 4) is 5.82 Å². The van der Waals surface area contributed by atoms with Crippen molar-refractivity contribution in [2.45, 2.75) is 53.0 Å². The number of pyridine rings is 1. The molecule has 1 aliphatic heterocycles. The summed E-state index contributed by atoms with van der Waals surface area (Å²) in [7, 11) is 0. The third kappa shape index (κ3) is 3.35. The molecule has 1 saturated heterocycles. The second-order valence-corrected chi connectivity index (χ2v) is 7.27. The van der Waals surface area contributed by atoms with Gasteiger partial charge in [-0.3, -0.25) is 4.90 Å². The van der Waals surface area contributed by atoms with Crippen molar-refractivity contribution in [3.05, 3.63) is 47.4 Å². The van der Waals surface area contributed by atoms with Crippen LogP contribution in [0, 0.1) is 19.8 Å². The minimum absolute atomic E-state index is 0.496. The van der Waals surface area contributed by atoms with Gasteiger partial charge in [-0.15, -0.1) is 0 Å². The quantitative estimate of drug-likeness (QED) is 0.818. The van der Waals surface area contributed by atoms with Crippen LogP contribution in [0.5, 0.6) is 0 Å². The van der Waals surface area contributed by atoms with Gasteiger partial charge in [0.05, 0.1) is 0 Å². The van der Waals surface area contributed by atoms with Gasteiger partial charge in [0, 0.05) is 35.7 Å². The van der Waals surface area contributed by atoms with E-state index in [-0.39, 0.29) is 0 Å². The van der Waals surface area contributed by atoms with Gasteiger partial charge in [-0.1, -0.05) is 26.3 Å². The highest BCUT2D eigenvalue weighted by atomic mass is 15.2. The van der Waals surface area contributed by atoms with E-state index in [1.54, 1.807) is 0 Å². The SMILES string of the molecule is Cc1ccc(C)n1-c1ncccc1C1CCCCN1CC(C)C. The van der Waals surface area contributed by atoms with E-state index in [2.05, 4.69) is 61.4 Å². The second kappa shape index (κ2) is 6.88. The molecule has 0 radical (unpaired) electrons. The van der Waals surface area contributed by atoms with Gasteiger partial charge in [-0.05, 0) is 57.4 Å². The van der Waals surface area contributed by atoms with Crippen molar-refractivity contribution in [2.24, 2.45) is 5.92 Å². The number of aromatic nitrogens is 2. The standard InChI is InChI=1S/C20H29N3/c1-15(2)14-22-13-6-5-9-19(22)18-8-7-12-21-20(18)23-16(3)10-11-17(23)4/h7-8,10-12,15,19H,5-6,9,13-14H2,1-4H3. The first-order valence-corrected chi connectivity index (χ1v) is 8.92. The second-order valence-electron chi connectivity index (χ2n) is 7.27. The molecule has 0 amide bonds. The Morgan fingerprint density at radius 3 is 2.57 bits per heavy atom. The molecule has 0 aromatic carbocycles. The molecule has 0 saturated carbocycles. The van der Waals surface area contributed by atoms with E-state index in [0.29, 0.717) is 12.0 Å². The molecule has 1 atom stereocenters. The molecule has 2 aromatic heterocycles. The highest BCUT2D eigenvalue weighted by Gasteiger charge is 2.27. The summed E-state index contributed by atoms with van der Waals surface area (Å²) in [6.07, 6.45) is 5.80. The van der Waals surface area contributed by atoms with Gasteiger partial charge >= 0.3 is 0 Å². The molecule has 1 aliphatic rings. The molecule has 0 bridgehead atoms. The number of nitrogens with zero attached hydrogens (tertiary/aromatic N) is 3. The minimum Gasteiger partial charge on any atom is -0.303 e. The van der Waals surface area contributed by atoms with E-state index < -0.39 is 0 Å². The van der Waals surface area contributed by atoms with E-state index in [1.807, 2.05) is 6.20 Å². The van der Waals surface area contributed by atoms with Crippen LogP contribution in [-0.2, 0) is 0 Å². The van der Waals surface area contributed by atoms with Crippen LogP contribution in [0.15, 0.2) is 30.5 Å². The summed E-state index contributed by atoms with van der Waals surface area (Å²) < 4.78 is 2.30. The predicted molar refractivity (Wildman–Crippen MR) is 96.0 cm³/mol. The maximum atomic E-state index is 4.77. The number of piperidine rings is 1. The van der Waals surface area contributed by atoms with Gasteiger partial charge in [0.25, 0.3) is 0 Å². The van der Waals surface area contributed by atoms with Gasteiger partial charge in [0.1, 0.15) is 5.82 Å². The van der Waals surface area contributed by atoms with E-state index in [0.717, 1.165) is 5.82 Å². The molecule has 1 fully saturated rings. The van der Waals surface area contributed by atoms with Crippen molar-refractivity contribution >= 4 is 0 Å². The first kappa shape index (κ1) is 16.3. The first-order chi connectivity index (χ1) is 11.1. The lowest BCUT2D eigenvalue weighted by Crippen LogP contribution is -2.36. The van der Waals surface area contributed by atoms with Crippen LogP contribution in [0.2, 0.25) is 0 Å². The van der Waals surface area contributed by atoms with Crippen molar-refractivity contribution in [1.29, 1.82) is 0 Å². The normalized spacial score (nSPS) is 19.4. The number of likely N-dealkylation sites (tertiary alicyclic amines) is 1. The van der Waals surface area contributed by atoms with Crippen LogP contribution >= 0.6 is 0 Å². The fourth-order valence-corrected chi connectivity index (χ4v) is 3.89. The number of hydrogen-bond donors (Lipinski definition) is 0. The highest BCUT2D eigenvalue weighted by molar-refractivity contribution is 5.40. The van der Waals surface area contributed by atoms with Gasteiger partial charge in [-0.2, -0.15) is 0 Å². The summed E-state index contributed by atoms with van der Waals surface area (Å²) >= 11 is 0. The van der Waals surface area contributed by atoms with Crippen LogP contribution in [0.3, 0.4) is 0 Å². The Morgan fingerprint density at radius 1 is 1.13 bits per heavy atom. The van der Waals surface area contributed by atoms with Gasteiger partial charge < -0.3 is 4.57 Å². The van der Waals surface area contributed by atoms with E-state index in [1.165, 1.54) is 49.3 Å². The predicted octanol–water partition coefficient (Wildman–Crippen LogP) is 4.67. The van der Waals surface area contributed by atoms with E-state index in [4.69, 9.17) is 4.98 Å². The third-order valence-corrected chi connectivity index (χ3v) is 4.87. The zero-order chi connectivity index (χ0) is 16.4. The summed E-state index contributed by atoms with van der Waals surface area (Å²) in [6, 6.07) is 9.23. The summed E-state index contributed by atoms with van der Waals surface area (Å²) in [6.45, 7) is 11.3. The number of hydrogen-bond acceptors (Lipinski definition) is 2. The summed E-state index contributed by atoms with van der Waals surface area (Å²) in [4.78, 5) is 7.44. The van der Waals surface area contributed by atoms with Gasteiger partial charge in [-0.25, -0.2) is 4.98 Å². The highest BCUT2D eigenvalue weighted by Crippen LogP contribution is 2.34. The maximum absolute atomic E-state index is 4.77. The van der Waals surface area contributed by atoms with Crippen molar-refractivity contribution in [1.82, 2.24) is 14.5 Å². The molecule has 124 valence electrons. The van der Waals surface area contributed by atoms with Crippen molar-refractivity contribution < 1.29 is 0 Å². The summed E-state index contributed by atoms with van der Waals surface area (Å²) in [5.41, 5.74) is 3.90. The molecule has 3 heterocycles. The Morgan fingerprint density at radius 2 is 1.87 bits per heavy atom. The van der Waals surface area contributed by atoms with Crippen LogP contribution in [0.25, 0.3) is 5.82 Å². The minimum atomic E-state index is 0.496. The molecule has 3 rings (SSSR count). The lowest BCUT2D eigenvalue weighted by atomic mass is 9.94. The first-order valence-electron chi connectivity index (χ1n) is 8.92. The van der Waals surface area contributed by atoms with Crippen molar-refractivity contribution in [2.75, 3.05) is 13.1 Å². The zero-order valence-electron chi connectivity index (χ0n) is 14.9. The zero-order valence-corrected chi connectivity index (χ0v) is 14.9. The van der Waals surface area contributed by atoms with Crippen LogP contribution in [0.1, 0.15) is 56.1 Å². The maximum Gasteiger partial charge on any atom is 0.141 e. The largest absolute Gasteiger partial charge is 0.303 e. The molecular weight excluding hydrogens is 282 g/mol. The monoisotopic (exact) mass is 311 g/mol. The van der Waals surface area contributed by atoms with Crippen LogP contribution in [-0.4, -0.2) is 27.5 Å². The lowest BCUT2D eigenvalue weighted by molar-refractivity contribution is 0.132. The van der Waals surface area contributed by atoms with E-state index in [9.17, 15) is 0 Å². The average Bonchev–Trinajstić information content (AvgIpc) is 2.86. The third-order valence-electron chi connectivity index (χ3n) is 4.87. The topological polar surface area (TPSA) is 21.1 Å². The fraction of sp³-hybridized carbons (Fsp3) is 0.550. The lowest BCUT2D eigenvalue weighted by Gasteiger charge is -2.37. The Labute approximate surface area is 140 Å². The van der Waals surface area contributed by atoms with E-state index >= 15 is 0 Å². The van der Waals surface area contributed by atoms with Gasteiger partial charge in [0.15, 0.2) is 0 Å². The Bertz CT molecular complexity index is 637. The number of aryl methyl sites for hydroxylation is 2. The molecule has 3 heteroatoms. The van der Waals surface area contributed by atoms with Crippen molar-refractivity contribution in [3.63, 3.8) is 0 Å². The molecule has 0 aliphatic carbocycles. The molecule has 3 nitrogen and oxygen atoms in total. The fourth-order valence-electron chi connectivity index (χ4n) is 3.89. The molecular formula is C20H29N3. The molecule has 0 spiro atoms. The van der Waals surface area contributed by atoms with Crippen LogP contribution in [0.4, 0.5) is 0 Å². The Hall–Kier alpha value is -1.61. The average molecular weight is 311 g/mol. The molecule has 1 unspecified atom stereocenters. The van der Waals surface area contributed by atoms with Gasteiger partial charge in [0.2, 0.25) is 0 Å². The summed E-state index contributed by atoms with van der Waals surface area (Å²) in [5, 5.41) is 0. The number of rotatable bonds is 4. The smallest absolute Gasteiger partial charge is 0.141 e. The molecule has 23 heavy (non-hydrogen) atoms. The van der Waals surface area contributed by atoms with Crippen LogP contribution < -0.4 is 0 Å². The Kier molecular flexibility index (Phi) is 4.86. The molecule has 2 aromatic rings. The molecule has 0 N–H and O–H groups in total. The summed E-state index contributed by atoms with van der Waals surface area (Å²) in [5.74, 6) is 1.82.